The van der Waals surface area contributed by atoms with Crippen LogP contribution >= 0.6 is 15.7 Å². The van der Waals surface area contributed by atoms with E-state index in [0.29, 0.717) is 0 Å². The second-order valence-corrected chi connectivity index (χ2v) is 10.7. The zero-order valence-electron chi connectivity index (χ0n) is 15.1. The fraction of sp³-hybridized carbons (Fsp3) is 0.381. The fourth-order valence-electron chi connectivity index (χ4n) is 2.56. The average molecular weight is 342 g/mol. The largest absolute Gasteiger partial charge is 0.110 e. The Bertz CT molecular complexity index is 687. The Hall–Kier alpha value is -1.09. The maximum Gasteiger partial charge on any atom is -0.0126 e. The van der Waals surface area contributed by atoms with E-state index < -0.39 is 0 Å². The summed E-state index contributed by atoms with van der Waals surface area (Å²) in [5, 5.41) is 0. The zero-order valence-corrected chi connectivity index (χ0v) is 17.0. The minimum Gasteiger partial charge on any atom is -0.110 e. The first kappa shape index (κ1) is 18.3. The fourth-order valence-corrected chi connectivity index (χ4v) is 4.46. The van der Waals surface area contributed by atoms with Gasteiger partial charge in [0.05, 0.1) is 0 Å². The molecule has 0 saturated carbocycles. The van der Waals surface area contributed by atoms with Gasteiger partial charge in [0.15, 0.2) is 0 Å². The molecule has 1 unspecified atom stereocenters. The van der Waals surface area contributed by atoms with Crippen LogP contribution in [0.4, 0.5) is 0 Å². The number of benzene rings is 1. The van der Waals surface area contributed by atoms with Crippen LogP contribution in [0.15, 0.2) is 54.1 Å². The van der Waals surface area contributed by atoms with Gasteiger partial charge >= 0.3 is 0 Å². The van der Waals surface area contributed by atoms with Gasteiger partial charge in [0.1, 0.15) is 0 Å². The van der Waals surface area contributed by atoms with Crippen molar-refractivity contribution in [3.05, 3.63) is 65.2 Å². The molecule has 0 amide bonds. The molecule has 0 aliphatic carbocycles. The van der Waals surface area contributed by atoms with E-state index in [1.165, 1.54) is 30.1 Å². The van der Waals surface area contributed by atoms with E-state index in [1.54, 1.807) is 0 Å². The average Bonchev–Trinajstić information content (AvgIpc) is 2.58. The predicted molar refractivity (Wildman–Crippen MR) is 109 cm³/mol. The molecule has 1 heterocycles. The Morgan fingerprint density at radius 3 is 2.22 bits per heavy atom. The highest BCUT2D eigenvalue weighted by Gasteiger charge is 2.22. The van der Waals surface area contributed by atoms with Crippen molar-refractivity contribution in [2.45, 2.75) is 52.4 Å². The molecule has 0 radical (unpaired) electrons. The van der Waals surface area contributed by atoms with E-state index in [1.807, 2.05) is 0 Å². The molecule has 2 rings (SSSR count). The summed E-state index contributed by atoms with van der Waals surface area (Å²) in [6.45, 7) is 13.8. The molecule has 0 fully saturated rings. The molecule has 122 valence electrons. The minimum atomic E-state index is 0.131. The molecule has 1 aromatic heterocycles. The molecule has 23 heavy (non-hydrogen) atoms. The van der Waals surface area contributed by atoms with Crippen LogP contribution in [0.3, 0.4) is 0 Å². The van der Waals surface area contributed by atoms with Gasteiger partial charge in [-0.3, -0.25) is 0 Å². The molecule has 0 saturated heterocycles. The Morgan fingerprint density at radius 1 is 0.826 bits per heavy atom. The molecular formula is C21H28P2. The summed E-state index contributed by atoms with van der Waals surface area (Å²) in [6.07, 6.45) is 0. The van der Waals surface area contributed by atoms with Crippen LogP contribution in [-0.4, -0.2) is 0 Å². The Kier molecular flexibility index (Phi) is 5.72. The highest BCUT2D eigenvalue weighted by molar-refractivity contribution is 7.89. The Labute approximate surface area is 144 Å². The van der Waals surface area contributed by atoms with Gasteiger partial charge in [-0.1, -0.05) is 91.9 Å². The lowest BCUT2D eigenvalue weighted by molar-refractivity contribution is 0.570. The molecule has 0 nitrogen and oxygen atoms in total. The smallest absolute Gasteiger partial charge is 0.0126 e. The van der Waals surface area contributed by atoms with Crippen molar-refractivity contribution in [1.82, 2.24) is 0 Å². The van der Waals surface area contributed by atoms with Gasteiger partial charge in [-0.05, 0) is 44.7 Å². The predicted octanol–water partition coefficient (Wildman–Crippen LogP) is 7.68. The van der Waals surface area contributed by atoms with Gasteiger partial charge in [-0.15, -0.1) is 7.87 Å². The van der Waals surface area contributed by atoms with Crippen molar-refractivity contribution in [3.8, 4) is 11.1 Å². The summed E-state index contributed by atoms with van der Waals surface area (Å²) >= 11 is 0. The summed E-state index contributed by atoms with van der Waals surface area (Å²) < 4.78 is 0. The van der Waals surface area contributed by atoms with Crippen molar-refractivity contribution < 1.29 is 0 Å². The Morgan fingerprint density at radius 2 is 1.57 bits per heavy atom. The summed E-state index contributed by atoms with van der Waals surface area (Å²) in [6, 6.07) is 15.7. The molecule has 2 heteroatoms. The topological polar surface area (TPSA) is 0 Å². The van der Waals surface area contributed by atoms with E-state index in [2.05, 4.69) is 95.6 Å². The van der Waals surface area contributed by atoms with Crippen LogP contribution in [0, 0.1) is 0 Å². The molecule has 2 aromatic rings. The zero-order chi connectivity index (χ0) is 17.1. The van der Waals surface area contributed by atoms with Crippen molar-refractivity contribution in [3.63, 3.8) is 0 Å². The summed E-state index contributed by atoms with van der Waals surface area (Å²) in [5.41, 5.74) is 5.88. The van der Waals surface area contributed by atoms with E-state index in [4.69, 9.17) is 0 Å². The summed E-state index contributed by atoms with van der Waals surface area (Å²) in [5.74, 6) is 4.61. The molecule has 1 atom stereocenters. The first-order valence-corrected chi connectivity index (χ1v) is 11.1. The number of hydrogen-bond donors (Lipinski definition) is 0. The van der Waals surface area contributed by atoms with Crippen LogP contribution in [0.1, 0.15) is 52.7 Å². The molecule has 0 bridgehead atoms. The van der Waals surface area contributed by atoms with Crippen LogP contribution < -0.4 is 0 Å². The van der Waals surface area contributed by atoms with Crippen LogP contribution in [0.2, 0.25) is 0 Å². The maximum atomic E-state index is 2.42. The van der Waals surface area contributed by atoms with Crippen molar-refractivity contribution in [2.75, 3.05) is 0 Å². The number of hydrogen-bond acceptors (Lipinski definition) is 0. The minimum absolute atomic E-state index is 0.131. The standard InChI is InChI=1S/C21H28P2/c1-20(2,3)17-11-12-18(19(14-17)21(4,5)6)16-10-8-7-9-13-22-23-15-16/h7-15,23H,1-6H3. The van der Waals surface area contributed by atoms with Gasteiger partial charge in [0.2, 0.25) is 0 Å². The normalized spacial score (nSPS) is 12.6. The van der Waals surface area contributed by atoms with E-state index in [-0.39, 0.29) is 10.8 Å². The lowest BCUT2D eigenvalue weighted by Gasteiger charge is -2.27. The molecule has 0 aliphatic rings. The molecule has 0 N–H and O–H groups in total. The highest BCUT2D eigenvalue weighted by Crippen LogP contribution is 2.37. The number of rotatable bonds is 1. The second-order valence-electron chi connectivity index (χ2n) is 8.01. The third-order valence-electron chi connectivity index (χ3n) is 3.96. The van der Waals surface area contributed by atoms with E-state index >= 15 is 0 Å². The molecule has 0 spiro atoms. The maximum absolute atomic E-state index is 2.42. The summed E-state index contributed by atoms with van der Waals surface area (Å²) in [7, 11) is 2.18. The van der Waals surface area contributed by atoms with Gasteiger partial charge in [-0.2, -0.15) is 0 Å². The van der Waals surface area contributed by atoms with Gasteiger partial charge in [-0.25, -0.2) is 0 Å². The van der Waals surface area contributed by atoms with E-state index in [0.717, 1.165) is 7.87 Å². The molecular weight excluding hydrogens is 314 g/mol. The van der Waals surface area contributed by atoms with Crippen molar-refractivity contribution in [2.24, 2.45) is 0 Å². The summed E-state index contributed by atoms with van der Waals surface area (Å²) in [4.78, 5) is 0. The quantitative estimate of drug-likeness (QED) is 0.498. The molecule has 0 aliphatic heterocycles. The Balaban J connectivity index is 2.71. The third-order valence-corrected chi connectivity index (χ3v) is 6.15. The lowest BCUT2D eigenvalue weighted by atomic mass is 9.77. The second kappa shape index (κ2) is 7.21. The van der Waals surface area contributed by atoms with Crippen LogP contribution in [-0.2, 0) is 10.8 Å². The van der Waals surface area contributed by atoms with E-state index in [9.17, 15) is 0 Å². The van der Waals surface area contributed by atoms with Gasteiger partial charge < -0.3 is 0 Å². The van der Waals surface area contributed by atoms with Crippen LogP contribution in [0.25, 0.3) is 11.1 Å². The van der Waals surface area contributed by atoms with Crippen molar-refractivity contribution in [1.29, 1.82) is 0 Å². The first-order valence-electron chi connectivity index (χ1n) is 8.17. The van der Waals surface area contributed by atoms with Crippen LogP contribution in [0.5, 0.6) is 0 Å². The molecule has 1 aromatic carbocycles. The highest BCUT2D eigenvalue weighted by atomic mass is 31.8. The third kappa shape index (κ3) is 4.94. The lowest BCUT2D eigenvalue weighted by Crippen LogP contribution is -2.17. The monoisotopic (exact) mass is 342 g/mol. The SMILES string of the molecule is CC(C)(C)c1ccc(-c2cccccp[pH]c2)c(C(C)(C)C)c1. The van der Waals surface area contributed by atoms with Gasteiger partial charge in [0.25, 0.3) is 0 Å². The first-order chi connectivity index (χ1) is 10.7. The van der Waals surface area contributed by atoms with Crippen molar-refractivity contribution >= 4 is 15.7 Å². The van der Waals surface area contributed by atoms with Gasteiger partial charge in [0, 0.05) is 0 Å².